The Morgan fingerprint density at radius 3 is 2.44 bits per heavy atom. The predicted molar refractivity (Wildman–Crippen MR) is 163 cm³/mol. The molecule has 1 unspecified atom stereocenters. The molecule has 1 heterocycles. The third-order valence-electron chi connectivity index (χ3n) is 8.14. The number of sulfonamides is 1. The summed E-state index contributed by atoms with van der Waals surface area (Å²) < 4.78 is 32.3. The molecule has 1 fully saturated rings. The third kappa shape index (κ3) is 6.76. The van der Waals surface area contributed by atoms with Gasteiger partial charge in [-0.05, 0) is 59.9 Å². The molecule has 2 amide bonds. The van der Waals surface area contributed by atoms with Crippen LogP contribution < -0.4 is 10.0 Å². The molecular formula is C32H34ClN3O6S. The summed E-state index contributed by atoms with van der Waals surface area (Å²) in [6.07, 6.45) is 3.92. The Labute approximate surface area is 256 Å². The SMILES string of the molecule is COC(=O)c1cccc(CNC(=O)[C@@H]2c3ccccc3C(=O)N(C3CCCC[C@@H]3NS(C)(=O)=O)[C@H]2c2ccc(Cl)cc2)c1. The minimum atomic E-state index is -3.56. The van der Waals surface area contributed by atoms with Gasteiger partial charge in [-0.1, -0.05) is 66.9 Å². The first kappa shape index (κ1) is 30.7. The molecule has 1 aliphatic heterocycles. The van der Waals surface area contributed by atoms with E-state index >= 15 is 0 Å². The van der Waals surface area contributed by atoms with Crippen LogP contribution in [0.3, 0.4) is 0 Å². The van der Waals surface area contributed by atoms with Crippen molar-refractivity contribution in [3.8, 4) is 0 Å². The van der Waals surface area contributed by atoms with Crippen LogP contribution in [0.15, 0.2) is 72.8 Å². The Morgan fingerprint density at radius 2 is 1.72 bits per heavy atom. The lowest BCUT2D eigenvalue weighted by Crippen LogP contribution is -2.59. The van der Waals surface area contributed by atoms with E-state index < -0.39 is 40.0 Å². The highest BCUT2D eigenvalue weighted by molar-refractivity contribution is 7.88. The summed E-state index contributed by atoms with van der Waals surface area (Å²) in [4.78, 5) is 42.3. The number of hydrogen-bond acceptors (Lipinski definition) is 6. The van der Waals surface area contributed by atoms with Crippen molar-refractivity contribution >= 4 is 39.4 Å². The number of hydrogen-bond donors (Lipinski definition) is 2. The normalized spacial score (nSPS) is 22.0. The van der Waals surface area contributed by atoms with Crippen LogP contribution in [0.25, 0.3) is 0 Å². The quantitative estimate of drug-likeness (QED) is 0.354. The predicted octanol–water partition coefficient (Wildman–Crippen LogP) is 4.58. The van der Waals surface area contributed by atoms with Crippen molar-refractivity contribution in [3.05, 3.63) is 106 Å². The Balaban J connectivity index is 1.58. The lowest BCUT2D eigenvalue weighted by atomic mass is 9.76. The van der Waals surface area contributed by atoms with Crippen molar-refractivity contribution in [3.63, 3.8) is 0 Å². The minimum Gasteiger partial charge on any atom is -0.465 e. The van der Waals surface area contributed by atoms with Gasteiger partial charge >= 0.3 is 5.97 Å². The number of benzene rings is 3. The number of nitrogens with one attached hydrogen (secondary N) is 2. The molecule has 11 heteroatoms. The summed E-state index contributed by atoms with van der Waals surface area (Å²) >= 11 is 6.23. The number of esters is 1. The van der Waals surface area contributed by atoms with E-state index in [1.807, 2.05) is 12.1 Å². The van der Waals surface area contributed by atoms with Crippen molar-refractivity contribution in [1.82, 2.24) is 14.9 Å². The Hall–Kier alpha value is -3.73. The first-order valence-electron chi connectivity index (χ1n) is 14.2. The summed E-state index contributed by atoms with van der Waals surface area (Å²) in [5, 5.41) is 3.54. The van der Waals surface area contributed by atoms with Crippen molar-refractivity contribution in [1.29, 1.82) is 0 Å². The van der Waals surface area contributed by atoms with Crippen LogP contribution in [0.1, 0.15) is 75.0 Å². The minimum absolute atomic E-state index is 0.144. The molecule has 4 atom stereocenters. The molecule has 1 saturated carbocycles. The molecular weight excluding hydrogens is 590 g/mol. The fourth-order valence-corrected chi connectivity index (χ4v) is 7.25. The van der Waals surface area contributed by atoms with Crippen molar-refractivity contribution in [2.24, 2.45) is 0 Å². The van der Waals surface area contributed by atoms with Gasteiger partial charge in [-0.25, -0.2) is 17.9 Å². The highest BCUT2D eigenvalue weighted by Gasteiger charge is 2.48. The maximum atomic E-state index is 14.3. The van der Waals surface area contributed by atoms with E-state index in [0.29, 0.717) is 45.7 Å². The van der Waals surface area contributed by atoms with E-state index in [9.17, 15) is 22.8 Å². The third-order valence-corrected chi connectivity index (χ3v) is 9.12. The second-order valence-electron chi connectivity index (χ2n) is 11.0. The van der Waals surface area contributed by atoms with Crippen LogP contribution in [-0.4, -0.2) is 56.6 Å². The number of halogens is 1. The number of rotatable bonds is 8. The molecule has 3 aromatic carbocycles. The number of fused-ring (bicyclic) bond motifs is 1. The van der Waals surface area contributed by atoms with Crippen molar-refractivity contribution < 1.29 is 27.5 Å². The molecule has 2 aliphatic rings. The molecule has 43 heavy (non-hydrogen) atoms. The Morgan fingerprint density at radius 1 is 1.00 bits per heavy atom. The lowest BCUT2D eigenvalue weighted by molar-refractivity contribution is -0.124. The monoisotopic (exact) mass is 623 g/mol. The molecule has 0 bridgehead atoms. The van der Waals surface area contributed by atoms with Crippen LogP contribution in [0, 0.1) is 0 Å². The standard InChI is InChI=1S/C32H34ClN3O6S/c1-42-32(39)22-9-7-8-20(18-22)19-34-30(37)28-24-10-3-4-11-25(24)31(38)36(29(28)21-14-16-23(33)17-15-21)27-13-6-5-12-26(27)35-43(2,40)41/h3-4,7-11,14-18,26-29,35H,5-6,12-13,19H2,1-2H3,(H,34,37)/t26-,27?,28+,29-/m0/s1. The zero-order chi connectivity index (χ0) is 30.7. The van der Waals surface area contributed by atoms with E-state index in [1.165, 1.54) is 7.11 Å². The molecule has 2 N–H and O–H groups in total. The molecule has 0 aromatic heterocycles. The zero-order valence-corrected chi connectivity index (χ0v) is 25.5. The summed E-state index contributed by atoms with van der Waals surface area (Å²) in [5.41, 5.74) is 2.79. The molecule has 5 rings (SSSR count). The fourth-order valence-electron chi connectivity index (χ4n) is 6.30. The summed E-state index contributed by atoms with van der Waals surface area (Å²) in [7, 11) is -2.25. The van der Waals surface area contributed by atoms with E-state index in [0.717, 1.165) is 19.1 Å². The number of carbonyl (C=O) groups is 3. The largest absolute Gasteiger partial charge is 0.465 e. The molecule has 226 valence electrons. The van der Waals surface area contributed by atoms with Crippen LogP contribution >= 0.6 is 11.6 Å². The maximum Gasteiger partial charge on any atom is 0.337 e. The summed E-state index contributed by atoms with van der Waals surface area (Å²) in [6, 6.07) is 19.3. The smallest absolute Gasteiger partial charge is 0.337 e. The topological polar surface area (TPSA) is 122 Å². The Bertz CT molecular complexity index is 1630. The zero-order valence-electron chi connectivity index (χ0n) is 24.0. The number of methoxy groups -OCH3 is 1. The van der Waals surface area contributed by atoms with Gasteiger partial charge in [0, 0.05) is 29.2 Å². The van der Waals surface area contributed by atoms with Crippen LogP contribution in [0.4, 0.5) is 0 Å². The first-order chi connectivity index (χ1) is 20.6. The molecule has 3 aromatic rings. The lowest BCUT2D eigenvalue weighted by Gasteiger charge is -2.49. The van der Waals surface area contributed by atoms with Gasteiger partial charge in [-0.3, -0.25) is 9.59 Å². The van der Waals surface area contributed by atoms with E-state index in [4.69, 9.17) is 16.3 Å². The average molecular weight is 624 g/mol. The van der Waals surface area contributed by atoms with Gasteiger partial charge in [0.15, 0.2) is 0 Å². The van der Waals surface area contributed by atoms with Crippen molar-refractivity contribution in [2.75, 3.05) is 13.4 Å². The Kier molecular flexibility index (Phi) is 9.19. The summed E-state index contributed by atoms with van der Waals surface area (Å²) in [6.45, 7) is 0.144. The second kappa shape index (κ2) is 12.9. The van der Waals surface area contributed by atoms with Crippen LogP contribution in [-0.2, 0) is 26.1 Å². The van der Waals surface area contributed by atoms with Gasteiger partial charge in [0.1, 0.15) is 0 Å². The number of nitrogens with zero attached hydrogens (tertiary/aromatic N) is 1. The highest BCUT2D eigenvalue weighted by atomic mass is 35.5. The fraction of sp³-hybridized carbons (Fsp3) is 0.344. The molecule has 0 radical (unpaired) electrons. The van der Waals surface area contributed by atoms with Crippen molar-refractivity contribution in [2.45, 2.75) is 56.3 Å². The number of carbonyl (C=O) groups excluding carboxylic acids is 3. The molecule has 1 aliphatic carbocycles. The average Bonchev–Trinajstić information content (AvgIpc) is 3.00. The number of ether oxygens (including phenoxy) is 1. The summed E-state index contributed by atoms with van der Waals surface area (Å²) in [5.74, 6) is -1.84. The maximum absolute atomic E-state index is 14.3. The van der Waals surface area contributed by atoms with Crippen LogP contribution in [0.2, 0.25) is 5.02 Å². The molecule has 0 spiro atoms. The number of amides is 2. The second-order valence-corrected chi connectivity index (χ2v) is 13.2. The molecule has 0 saturated heterocycles. The van der Waals surface area contributed by atoms with Crippen LogP contribution in [0.5, 0.6) is 0 Å². The van der Waals surface area contributed by atoms with E-state index in [1.54, 1.807) is 65.6 Å². The van der Waals surface area contributed by atoms with Gasteiger partial charge in [-0.15, -0.1) is 0 Å². The van der Waals surface area contributed by atoms with Gasteiger partial charge < -0.3 is 15.0 Å². The first-order valence-corrected chi connectivity index (χ1v) is 16.4. The van der Waals surface area contributed by atoms with E-state index in [-0.39, 0.29) is 18.4 Å². The van der Waals surface area contributed by atoms with Gasteiger partial charge in [0.05, 0.1) is 30.9 Å². The molecule has 9 nitrogen and oxygen atoms in total. The van der Waals surface area contributed by atoms with E-state index in [2.05, 4.69) is 10.0 Å². The highest BCUT2D eigenvalue weighted by Crippen LogP contribution is 2.46. The van der Waals surface area contributed by atoms with Gasteiger partial charge in [0.25, 0.3) is 5.91 Å². The van der Waals surface area contributed by atoms with Gasteiger partial charge in [0.2, 0.25) is 15.9 Å². The van der Waals surface area contributed by atoms with Gasteiger partial charge in [-0.2, -0.15) is 0 Å².